The number of amides is 3. The molecule has 3 N–H and O–H groups in total. The number of benzene rings is 2. The lowest BCUT2D eigenvalue weighted by Gasteiger charge is -2.34. The highest BCUT2D eigenvalue weighted by atomic mass is 16.3. The molecule has 1 fully saturated rings. The fraction of sp³-hybridized carbons (Fsp3) is 0.452. The Hall–Kier alpha value is -3.45. The predicted octanol–water partition coefficient (Wildman–Crippen LogP) is 3.64. The van der Waals surface area contributed by atoms with Crippen LogP contribution in [0.2, 0.25) is 0 Å². The minimum Gasteiger partial charge on any atom is -0.394 e. The van der Waals surface area contributed by atoms with Gasteiger partial charge in [0.05, 0.1) is 24.5 Å². The van der Waals surface area contributed by atoms with Crippen molar-refractivity contribution < 1.29 is 19.5 Å². The molecule has 0 saturated carbocycles. The number of nitrogens with one attached hydrogen (secondary N) is 2. The molecule has 2 aromatic rings. The first-order chi connectivity index (χ1) is 18.3. The third-order valence-electron chi connectivity index (χ3n) is 8.13. The van der Waals surface area contributed by atoms with Crippen molar-refractivity contribution >= 4 is 23.4 Å². The SMILES string of the molecule is CCC[C@@H]1C=C[C@H]2[C@H](C(=O)N([C@@H](CO)Cc3ccccc3)[C@@H]2C(=O)Nc2c(C)cccc2C)[C@@H]1C(=O)NC. The van der Waals surface area contributed by atoms with Crippen LogP contribution in [0, 0.1) is 37.5 Å². The second kappa shape index (κ2) is 11.9. The van der Waals surface area contributed by atoms with Crippen LogP contribution in [-0.4, -0.2) is 53.5 Å². The third-order valence-corrected chi connectivity index (χ3v) is 8.13. The molecule has 202 valence electrons. The maximum Gasteiger partial charge on any atom is 0.247 e. The van der Waals surface area contributed by atoms with E-state index in [4.69, 9.17) is 0 Å². The van der Waals surface area contributed by atoms with E-state index in [0.29, 0.717) is 6.42 Å². The van der Waals surface area contributed by atoms with Gasteiger partial charge in [-0.3, -0.25) is 14.4 Å². The number of anilines is 1. The lowest BCUT2D eigenvalue weighted by Crippen LogP contribution is -2.51. The number of aliphatic hydroxyl groups excluding tert-OH is 1. The Labute approximate surface area is 225 Å². The molecule has 7 nitrogen and oxygen atoms in total. The van der Waals surface area contributed by atoms with Crippen LogP contribution in [0.5, 0.6) is 0 Å². The van der Waals surface area contributed by atoms with E-state index < -0.39 is 29.8 Å². The maximum atomic E-state index is 14.2. The Morgan fingerprint density at radius 1 is 1.00 bits per heavy atom. The van der Waals surface area contributed by atoms with Gasteiger partial charge in [0.1, 0.15) is 6.04 Å². The van der Waals surface area contributed by atoms with E-state index in [1.54, 1.807) is 11.9 Å². The lowest BCUT2D eigenvalue weighted by atomic mass is 9.68. The topological polar surface area (TPSA) is 98.7 Å². The molecule has 38 heavy (non-hydrogen) atoms. The fourth-order valence-electron chi connectivity index (χ4n) is 6.32. The molecule has 4 rings (SSSR count). The highest BCUT2D eigenvalue weighted by Gasteiger charge is 2.58. The van der Waals surface area contributed by atoms with Gasteiger partial charge in [-0.1, -0.05) is 74.0 Å². The standard InChI is InChI=1S/C31H39N3O4/c1-5-10-22-15-16-24-26(25(22)29(36)32-4)31(38)34(23(18-35)17-21-13-7-6-8-14-21)28(24)30(37)33-27-19(2)11-9-12-20(27)3/h6-9,11-16,22-26,28,35H,5,10,17-18H2,1-4H3,(H,32,36)(H,33,37)/t22-,23-,24+,25-,26+,28+/m1/s1. The Morgan fingerprint density at radius 2 is 1.68 bits per heavy atom. The fourth-order valence-corrected chi connectivity index (χ4v) is 6.32. The van der Waals surface area contributed by atoms with Crippen molar-refractivity contribution in [2.75, 3.05) is 19.0 Å². The first-order valence-corrected chi connectivity index (χ1v) is 13.6. The normalized spacial score (nSPS) is 25.1. The number of aliphatic hydroxyl groups is 1. The molecule has 2 aliphatic rings. The second-order valence-electron chi connectivity index (χ2n) is 10.6. The average Bonchev–Trinajstić information content (AvgIpc) is 3.21. The summed E-state index contributed by atoms with van der Waals surface area (Å²) >= 11 is 0. The zero-order valence-electron chi connectivity index (χ0n) is 22.7. The quantitative estimate of drug-likeness (QED) is 0.443. The molecule has 1 heterocycles. The molecule has 0 spiro atoms. The van der Waals surface area contributed by atoms with Gasteiger partial charge in [-0.25, -0.2) is 0 Å². The molecule has 6 atom stereocenters. The largest absolute Gasteiger partial charge is 0.394 e. The molecule has 0 radical (unpaired) electrons. The minimum atomic E-state index is -0.849. The van der Waals surface area contributed by atoms with Gasteiger partial charge in [-0.15, -0.1) is 0 Å². The number of likely N-dealkylation sites (tertiary alicyclic amines) is 1. The summed E-state index contributed by atoms with van der Waals surface area (Å²) < 4.78 is 0. The van der Waals surface area contributed by atoms with Crippen molar-refractivity contribution in [1.29, 1.82) is 0 Å². The Balaban J connectivity index is 1.78. The highest BCUT2D eigenvalue weighted by Crippen LogP contribution is 2.46. The van der Waals surface area contributed by atoms with Crippen molar-refractivity contribution in [3.05, 3.63) is 77.4 Å². The molecule has 7 heteroatoms. The van der Waals surface area contributed by atoms with Gasteiger partial charge in [-0.2, -0.15) is 0 Å². The first-order valence-electron chi connectivity index (χ1n) is 13.6. The molecule has 3 amide bonds. The number of aryl methyl sites for hydroxylation is 2. The van der Waals surface area contributed by atoms with Crippen molar-refractivity contribution in [3.8, 4) is 0 Å². The van der Waals surface area contributed by atoms with E-state index in [0.717, 1.165) is 35.2 Å². The summed E-state index contributed by atoms with van der Waals surface area (Å²) in [6, 6.07) is 14.0. The van der Waals surface area contributed by atoms with Crippen molar-refractivity contribution in [2.45, 2.75) is 52.1 Å². The zero-order valence-corrected chi connectivity index (χ0v) is 22.7. The number of para-hydroxylation sites is 1. The Bertz CT molecular complexity index is 1170. The van der Waals surface area contributed by atoms with Gasteiger partial charge in [0, 0.05) is 18.7 Å². The summed E-state index contributed by atoms with van der Waals surface area (Å²) in [5, 5.41) is 16.4. The maximum absolute atomic E-state index is 14.2. The minimum absolute atomic E-state index is 0.0888. The molecular formula is C31H39N3O4. The van der Waals surface area contributed by atoms with Crippen LogP contribution in [0.1, 0.15) is 36.5 Å². The smallest absolute Gasteiger partial charge is 0.247 e. The summed E-state index contributed by atoms with van der Waals surface area (Å²) in [6.07, 6.45) is 6.04. The van der Waals surface area contributed by atoms with Gasteiger partial charge in [0.15, 0.2) is 0 Å². The third kappa shape index (κ3) is 5.25. The van der Waals surface area contributed by atoms with Crippen molar-refractivity contribution in [2.24, 2.45) is 23.7 Å². The summed E-state index contributed by atoms with van der Waals surface area (Å²) in [7, 11) is 1.59. The molecule has 1 aliphatic heterocycles. The van der Waals surface area contributed by atoms with E-state index in [2.05, 4.69) is 17.6 Å². The van der Waals surface area contributed by atoms with E-state index in [1.807, 2.05) is 74.5 Å². The van der Waals surface area contributed by atoms with Crippen LogP contribution >= 0.6 is 0 Å². The molecule has 1 aliphatic carbocycles. The number of carbonyl (C=O) groups is 3. The second-order valence-corrected chi connectivity index (χ2v) is 10.6. The number of hydrogen-bond donors (Lipinski definition) is 3. The average molecular weight is 518 g/mol. The van der Waals surface area contributed by atoms with Crippen molar-refractivity contribution in [1.82, 2.24) is 10.2 Å². The molecular weight excluding hydrogens is 478 g/mol. The highest BCUT2D eigenvalue weighted by molar-refractivity contribution is 6.02. The number of fused-ring (bicyclic) bond motifs is 1. The number of allylic oxidation sites excluding steroid dienone is 1. The number of carbonyl (C=O) groups excluding carboxylic acids is 3. The van der Waals surface area contributed by atoms with Gasteiger partial charge in [0.25, 0.3) is 0 Å². The van der Waals surface area contributed by atoms with Crippen LogP contribution in [-0.2, 0) is 20.8 Å². The number of nitrogens with zero attached hydrogens (tertiary/aromatic N) is 1. The van der Waals surface area contributed by atoms with E-state index in [9.17, 15) is 19.5 Å². The Morgan fingerprint density at radius 3 is 2.29 bits per heavy atom. The number of hydrogen-bond acceptors (Lipinski definition) is 4. The zero-order chi connectivity index (χ0) is 27.4. The predicted molar refractivity (Wildman–Crippen MR) is 148 cm³/mol. The summed E-state index contributed by atoms with van der Waals surface area (Å²) in [4.78, 5) is 43.0. The lowest BCUT2D eigenvalue weighted by molar-refractivity contribution is -0.142. The van der Waals surface area contributed by atoms with Crippen LogP contribution in [0.4, 0.5) is 5.69 Å². The van der Waals surface area contributed by atoms with Crippen LogP contribution in [0.25, 0.3) is 0 Å². The van der Waals surface area contributed by atoms with E-state index in [-0.39, 0.29) is 30.2 Å². The number of rotatable bonds is 9. The van der Waals surface area contributed by atoms with Gasteiger partial charge in [0.2, 0.25) is 17.7 Å². The van der Waals surface area contributed by atoms with Crippen LogP contribution < -0.4 is 10.6 Å². The molecule has 0 aromatic heterocycles. The van der Waals surface area contributed by atoms with Gasteiger partial charge < -0.3 is 20.6 Å². The van der Waals surface area contributed by atoms with E-state index >= 15 is 0 Å². The van der Waals surface area contributed by atoms with Crippen LogP contribution in [0.15, 0.2) is 60.7 Å². The first kappa shape index (κ1) is 27.6. The molecule has 0 unspecified atom stereocenters. The molecule has 0 bridgehead atoms. The monoisotopic (exact) mass is 517 g/mol. The summed E-state index contributed by atoms with van der Waals surface area (Å²) in [5.41, 5.74) is 3.55. The molecule has 2 aromatic carbocycles. The van der Waals surface area contributed by atoms with Crippen molar-refractivity contribution in [3.63, 3.8) is 0 Å². The van der Waals surface area contributed by atoms with Gasteiger partial charge in [-0.05, 0) is 49.3 Å². The summed E-state index contributed by atoms with van der Waals surface area (Å²) in [6.45, 7) is 5.64. The molecule has 1 saturated heterocycles. The Kier molecular flexibility index (Phi) is 8.67. The van der Waals surface area contributed by atoms with E-state index in [1.165, 1.54) is 0 Å². The van der Waals surface area contributed by atoms with Crippen LogP contribution in [0.3, 0.4) is 0 Å². The summed E-state index contributed by atoms with van der Waals surface area (Å²) in [5.74, 6) is -2.54. The van der Waals surface area contributed by atoms with Gasteiger partial charge >= 0.3 is 0 Å².